The Morgan fingerprint density at radius 1 is 1.44 bits per heavy atom. The number of sulfonamides is 1. The zero-order valence-corrected chi connectivity index (χ0v) is 11.3. The molecule has 1 atom stereocenters. The van der Waals surface area contributed by atoms with Crippen LogP contribution in [0.2, 0.25) is 0 Å². The summed E-state index contributed by atoms with van der Waals surface area (Å²) in [7, 11) is -2.22. The summed E-state index contributed by atoms with van der Waals surface area (Å²) in [5, 5.41) is 11.9. The number of anilines is 2. The van der Waals surface area contributed by atoms with Gasteiger partial charge in [-0.05, 0) is 38.6 Å². The molecule has 102 valence electrons. The number of rotatable bonds is 6. The Labute approximate surface area is 107 Å². The third-order valence-corrected chi connectivity index (χ3v) is 3.98. The van der Waals surface area contributed by atoms with Gasteiger partial charge >= 0.3 is 0 Å². The molecule has 0 aliphatic carbocycles. The van der Waals surface area contributed by atoms with Crippen molar-refractivity contribution in [3.63, 3.8) is 0 Å². The van der Waals surface area contributed by atoms with E-state index in [2.05, 4.69) is 10.0 Å². The first-order valence-corrected chi connectivity index (χ1v) is 7.09. The Balaban J connectivity index is 3.12. The van der Waals surface area contributed by atoms with Crippen LogP contribution in [0.3, 0.4) is 0 Å². The molecule has 0 bridgehead atoms. The van der Waals surface area contributed by atoms with Crippen LogP contribution in [0.15, 0.2) is 23.1 Å². The molecule has 5 N–H and O–H groups in total. The van der Waals surface area contributed by atoms with E-state index in [1.165, 1.54) is 13.1 Å². The maximum Gasteiger partial charge on any atom is 0.242 e. The van der Waals surface area contributed by atoms with Crippen LogP contribution in [0.25, 0.3) is 0 Å². The smallest absolute Gasteiger partial charge is 0.242 e. The van der Waals surface area contributed by atoms with E-state index >= 15 is 0 Å². The van der Waals surface area contributed by atoms with Gasteiger partial charge in [0.2, 0.25) is 10.0 Å². The molecule has 1 aromatic carbocycles. The first-order valence-electron chi connectivity index (χ1n) is 5.61. The largest absolute Gasteiger partial charge is 0.399 e. The van der Waals surface area contributed by atoms with Crippen molar-refractivity contribution >= 4 is 21.4 Å². The minimum atomic E-state index is -3.57. The molecular weight excluding hydrogens is 254 g/mol. The molecule has 0 saturated carbocycles. The first kappa shape index (κ1) is 14.7. The Kier molecular flexibility index (Phi) is 4.94. The van der Waals surface area contributed by atoms with E-state index in [9.17, 15) is 8.42 Å². The topological polar surface area (TPSA) is 104 Å². The van der Waals surface area contributed by atoms with E-state index in [-0.39, 0.29) is 17.5 Å². The molecule has 1 rings (SSSR count). The lowest BCUT2D eigenvalue weighted by Crippen LogP contribution is -2.23. The molecular formula is C11H19N3O3S. The molecule has 6 nitrogen and oxygen atoms in total. The van der Waals surface area contributed by atoms with Gasteiger partial charge in [-0.3, -0.25) is 0 Å². The standard InChI is InChI=1S/C11H19N3O3S/c1-8(5-6-15)14-10-4-3-9(12)7-11(10)18(16,17)13-2/h3-4,7-8,13-15H,5-6,12H2,1-2H3. The highest BCUT2D eigenvalue weighted by Gasteiger charge is 2.18. The second-order valence-corrected chi connectivity index (χ2v) is 5.88. The molecule has 0 spiro atoms. The van der Waals surface area contributed by atoms with Gasteiger partial charge in [0, 0.05) is 18.3 Å². The second-order valence-electron chi connectivity index (χ2n) is 4.02. The first-order chi connectivity index (χ1) is 8.40. The van der Waals surface area contributed by atoms with Crippen LogP contribution in [0, 0.1) is 0 Å². The SMILES string of the molecule is CNS(=O)(=O)c1cc(N)ccc1NC(C)CCO. The lowest BCUT2D eigenvalue weighted by Gasteiger charge is -2.17. The number of hydrogen-bond acceptors (Lipinski definition) is 5. The maximum absolute atomic E-state index is 11.9. The van der Waals surface area contributed by atoms with E-state index in [0.29, 0.717) is 17.8 Å². The number of nitrogens with two attached hydrogens (primary N) is 1. The summed E-state index contributed by atoms with van der Waals surface area (Å²) in [6, 6.07) is 4.61. The minimum Gasteiger partial charge on any atom is -0.399 e. The van der Waals surface area contributed by atoms with E-state index in [1.807, 2.05) is 6.92 Å². The van der Waals surface area contributed by atoms with Crippen molar-refractivity contribution in [1.82, 2.24) is 4.72 Å². The molecule has 0 amide bonds. The highest BCUT2D eigenvalue weighted by atomic mass is 32.2. The van der Waals surface area contributed by atoms with Crippen molar-refractivity contribution in [2.24, 2.45) is 0 Å². The van der Waals surface area contributed by atoms with Gasteiger partial charge in [0.25, 0.3) is 0 Å². The van der Waals surface area contributed by atoms with Crippen LogP contribution in [0.5, 0.6) is 0 Å². The minimum absolute atomic E-state index is 0.0376. The van der Waals surface area contributed by atoms with E-state index in [4.69, 9.17) is 10.8 Å². The van der Waals surface area contributed by atoms with Crippen LogP contribution in [0.4, 0.5) is 11.4 Å². The van der Waals surface area contributed by atoms with Crippen LogP contribution in [-0.2, 0) is 10.0 Å². The average Bonchev–Trinajstić information content (AvgIpc) is 2.31. The molecule has 0 radical (unpaired) electrons. The lowest BCUT2D eigenvalue weighted by molar-refractivity contribution is 0.282. The summed E-state index contributed by atoms with van der Waals surface area (Å²) in [5.41, 5.74) is 6.46. The predicted molar refractivity (Wildman–Crippen MR) is 71.9 cm³/mol. The zero-order chi connectivity index (χ0) is 13.8. The fraction of sp³-hybridized carbons (Fsp3) is 0.455. The molecule has 1 aromatic rings. The quantitative estimate of drug-likeness (QED) is 0.560. The van der Waals surface area contributed by atoms with Gasteiger partial charge in [-0.15, -0.1) is 0 Å². The van der Waals surface area contributed by atoms with Crippen molar-refractivity contribution < 1.29 is 13.5 Å². The molecule has 0 aliphatic heterocycles. The molecule has 0 aliphatic rings. The summed E-state index contributed by atoms with van der Waals surface area (Å²) in [6.45, 7) is 1.90. The van der Waals surface area contributed by atoms with Crippen molar-refractivity contribution in [2.75, 3.05) is 24.7 Å². The summed E-state index contributed by atoms with van der Waals surface area (Å²) in [5.74, 6) is 0. The number of nitrogen functional groups attached to an aromatic ring is 1. The van der Waals surface area contributed by atoms with Gasteiger partial charge in [0.05, 0.1) is 5.69 Å². The lowest BCUT2D eigenvalue weighted by atomic mass is 10.2. The number of aliphatic hydroxyl groups is 1. The van der Waals surface area contributed by atoms with Gasteiger partial charge in [0.15, 0.2) is 0 Å². The van der Waals surface area contributed by atoms with E-state index < -0.39 is 10.0 Å². The van der Waals surface area contributed by atoms with Crippen LogP contribution in [0.1, 0.15) is 13.3 Å². The number of benzene rings is 1. The maximum atomic E-state index is 11.9. The van der Waals surface area contributed by atoms with Crippen molar-refractivity contribution in [1.29, 1.82) is 0 Å². The van der Waals surface area contributed by atoms with Crippen molar-refractivity contribution in [3.05, 3.63) is 18.2 Å². The summed E-state index contributed by atoms with van der Waals surface area (Å²) >= 11 is 0. The molecule has 7 heteroatoms. The molecule has 0 aromatic heterocycles. The third-order valence-electron chi connectivity index (χ3n) is 2.53. The monoisotopic (exact) mass is 273 g/mol. The average molecular weight is 273 g/mol. The van der Waals surface area contributed by atoms with Crippen molar-refractivity contribution in [2.45, 2.75) is 24.3 Å². The second kappa shape index (κ2) is 6.03. The van der Waals surface area contributed by atoms with Gasteiger partial charge in [-0.25, -0.2) is 13.1 Å². The number of hydrogen-bond donors (Lipinski definition) is 4. The Hall–Kier alpha value is -1.31. The Morgan fingerprint density at radius 2 is 2.11 bits per heavy atom. The van der Waals surface area contributed by atoms with E-state index in [1.54, 1.807) is 12.1 Å². The van der Waals surface area contributed by atoms with E-state index in [0.717, 1.165) is 0 Å². The molecule has 0 fully saturated rings. The van der Waals surface area contributed by atoms with Gasteiger partial charge in [-0.2, -0.15) is 0 Å². The Morgan fingerprint density at radius 3 is 2.67 bits per heavy atom. The molecule has 1 unspecified atom stereocenters. The van der Waals surface area contributed by atoms with Crippen LogP contribution >= 0.6 is 0 Å². The van der Waals surface area contributed by atoms with Crippen LogP contribution in [-0.4, -0.2) is 33.2 Å². The highest BCUT2D eigenvalue weighted by molar-refractivity contribution is 7.89. The molecule has 18 heavy (non-hydrogen) atoms. The third kappa shape index (κ3) is 3.59. The Bertz CT molecular complexity index is 502. The highest BCUT2D eigenvalue weighted by Crippen LogP contribution is 2.24. The zero-order valence-electron chi connectivity index (χ0n) is 10.5. The molecule has 0 saturated heterocycles. The summed E-state index contributed by atoms with van der Waals surface area (Å²) < 4.78 is 26.0. The van der Waals surface area contributed by atoms with Crippen molar-refractivity contribution in [3.8, 4) is 0 Å². The predicted octanol–water partition coefficient (Wildman–Crippen LogP) is 0.360. The fourth-order valence-electron chi connectivity index (χ4n) is 1.52. The number of nitrogens with one attached hydrogen (secondary N) is 2. The fourth-order valence-corrected chi connectivity index (χ4v) is 2.45. The van der Waals surface area contributed by atoms with Gasteiger partial charge in [-0.1, -0.05) is 0 Å². The van der Waals surface area contributed by atoms with Gasteiger partial charge in [0.1, 0.15) is 4.90 Å². The van der Waals surface area contributed by atoms with Crippen LogP contribution < -0.4 is 15.8 Å². The molecule has 0 heterocycles. The summed E-state index contributed by atoms with van der Waals surface area (Å²) in [6.07, 6.45) is 0.531. The normalized spacial score (nSPS) is 13.3. The number of aliphatic hydroxyl groups excluding tert-OH is 1. The van der Waals surface area contributed by atoms with Gasteiger partial charge < -0.3 is 16.2 Å². The summed E-state index contributed by atoms with van der Waals surface area (Å²) in [4.78, 5) is 0.106.